The molecule has 2 aromatic heterocycles. The number of fused-ring (bicyclic) bond motifs is 6. The van der Waals surface area contributed by atoms with Gasteiger partial charge in [-0.3, -0.25) is 4.98 Å². The van der Waals surface area contributed by atoms with Crippen LogP contribution in [-0.2, 0) is 25.5 Å². The zero-order valence-corrected chi connectivity index (χ0v) is 38.1. The molecule has 1 radical (unpaired) electrons. The predicted molar refractivity (Wildman–Crippen MR) is 243 cm³/mol. The van der Waals surface area contributed by atoms with Gasteiger partial charge in [-0.2, -0.15) is 11.8 Å². The molecule has 1 aliphatic heterocycles. The van der Waals surface area contributed by atoms with Gasteiger partial charge in [0.1, 0.15) is 0 Å². The van der Waals surface area contributed by atoms with Crippen LogP contribution < -0.4 is 5.19 Å². The van der Waals surface area contributed by atoms with Gasteiger partial charge < -0.3 is 9.55 Å². The summed E-state index contributed by atoms with van der Waals surface area (Å²) in [6.07, 6.45) is 10.9. The van der Waals surface area contributed by atoms with Crippen molar-refractivity contribution < 1.29 is 25.6 Å². The number of hydrogen-bond donors (Lipinski definition) is 0. The van der Waals surface area contributed by atoms with Gasteiger partial charge in [0.2, 0.25) is 0 Å². The quantitative estimate of drug-likeness (QED) is 0.127. The molecule has 9 rings (SSSR count). The molecule has 7 aromatic rings. The van der Waals surface area contributed by atoms with Gasteiger partial charge in [0.25, 0.3) is 0 Å². The minimum absolute atomic E-state index is 0. The molecule has 0 saturated carbocycles. The Morgan fingerprint density at radius 2 is 1.68 bits per heavy atom. The maximum Gasteiger partial charge on any atom is 0.0852 e. The first-order valence-corrected chi connectivity index (χ1v) is 23.8. The van der Waals surface area contributed by atoms with Gasteiger partial charge in [0.05, 0.1) is 24.9 Å². The summed E-state index contributed by atoms with van der Waals surface area (Å²) >= 11 is 1.94. The van der Waals surface area contributed by atoms with Crippen LogP contribution in [0.3, 0.4) is 0 Å². The van der Waals surface area contributed by atoms with Crippen LogP contribution in [0.2, 0.25) is 19.6 Å². The second kappa shape index (κ2) is 16.1. The van der Waals surface area contributed by atoms with Crippen molar-refractivity contribution in [3.63, 3.8) is 0 Å². The molecule has 6 heteroatoms. The molecule has 3 heterocycles. The number of aromatic nitrogens is 3. The second-order valence-corrected chi connectivity index (χ2v) is 23.3. The van der Waals surface area contributed by atoms with Gasteiger partial charge in [-0.05, 0) is 51.3 Å². The van der Waals surface area contributed by atoms with E-state index in [1.807, 2.05) is 37.9 Å². The van der Waals surface area contributed by atoms with Crippen molar-refractivity contribution in [1.29, 1.82) is 0 Å². The van der Waals surface area contributed by atoms with Crippen molar-refractivity contribution in [3.05, 3.63) is 162 Å². The Morgan fingerprint density at radius 1 is 0.912 bits per heavy atom. The van der Waals surface area contributed by atoms with Gasteiger partial charge in [-0.25, -0.2) is 0 Å². The van der Waals surface area contributed by atoms with Gasteiger partial charge >= 0.3 is 0 Å². The summed E-state index contributed by atoms with van der Waals surface area (Å²) in [5, 5.41) is 4.01. The molecule has 0 N–H and O–H groups in total. The molecule has 3 nitrogen and oxygen atoms in total. The molecule has 1 aliphatic carbocycles. The molecular weight excluding hydrogens is 907 g/mol. The van der Waals surface area contributed by atoms with Crippen molar-refractivity contribution in [2.45, 2.75) is 88.5 Å². The first kappa shape index (κ1) is 35.8. The van der Waals surface area contributed by atoms with Crippen LogP contribution in [0.5, 0.6) is 0 Å². The van der Waals surface area contributed by atoms with Crippen molar-refractivity contribution in [2.75, 3.05) is 0 Å². The zero-order valence-electron chi connectivity index (χ0n) is 37.9. The summed E-state index contributed by atoms with van der Waals surface area (Å²) in [6, 6.07) is 39.7. The van der Waals surface area contributed by atoms with Crippen molar-refractivity contribution in [3.8, 4) is 28.3 Å². The van der Waals surface area contributed by atoms with Crippen molar-refractivity contribution >= 4 is 46.8 Å². The summed E-state index contributed by atoms with van der Waals surface area (Å²) in [4.78, 5) is 11.2. The summed E-state index contributed by atoms with van der Waals surface area (Å²) in [7, 11) is -1.61. The van der Waals surface area contributed by atoms with Gasteiger partial charge in [-0.1, -0.05) is 150 Å². The smallest absolute Gasteiger partial charge is 0.0852 e. The SMILES string of the molecule is CC(C)(C)c1ccc(-n2c(-c3[c-]ccc4c3SC3C=CC=CC43)nc3c4ccccc4ccc32)cc1.[2H]C([2H])([2H])c1c[c-]c(-c2cc(C([2H])(C)C)c([Si](C)(C)C)cn2)cc1.[Ir]. The fourth-order valence-electron chi connectivity index (χ4n) is 7.72. The fourth-order valence-corrected chi connectivity index (χ4v) is 10.7. The van der Waals surface area contributed by atoms with Crippen LogP contribution in [0.15, 0.2) is 132 Å². The summed E-state index contributed by atoms with van der Waals surface area (Å²) in [5.41, 5.74) is 9.92. The number of rotatable bonds is 5. The average molecular weight is 962 g/mol. The molecule has 0 amide bonds. The summed E-state index contributed by atoms with van der Waals surface area (Å²) in [6.45, 7) is 15.2. The molecule has 0 fully saturated rings. The van der Waals surface area contributed by atoms with E-state index in [-0.39, 0.29) is 31.1 Å². The molecular formula is C51H51IrN3SSi-2. The number of thioether (sulfide) groups is 1. The average Bonchev–Trinajstić information content (AvgIpc) is 3.79. The predicted octanol–water partition coefficient (Wildman–Crippen LogP) is 13.2. The van der Waals surface area contributed by atoms with E-state index >= 15 is 0 Å². The maximum atomic E-state index is 8.48. The minimum Gasteiger partial charge on any atom is -0.333 e. The standard InChI is InChI=1S/C33H27N2S.C18H24NSi.Ir/c1-33(2,3)22-16-18-23(19-17-22)35-28-20-15-21-9-4-5-10-24(21)30(28)34-32(35)27-13-8-12-26-25-11-6-7-14-29(25)36-31(26)27;1-13(2)16-11-17(15-9-7-14(3)8-10-15)19-12-18(16)20(4,5)6;/h4-12,14-20,25,29H,1-3H3;7-9,11-13H,1-6H3;/q2*-1;/i;3D3,13D;. The van der Waals surface area contributed by atoms with E-state index < -0.39 is 20.8 Å². The topological polar surface area (TPSA) is 30.7 Å². The number of hydrogen-bond acceptors (Lipinski definition) is 3. The Labute approximate surface area is 363 Å². The molecule has 57 heavy (non-hydrogen) atoms. The van der Waals surface area contributed by atoms with Crippen LogP contribution in [-0.4, -0.2) is 27.9 Å². The third-order valence-corrected chi connectivity index (χ3v) is 14.2. The van der Waals surface area contributed by atoms with Crippen LogP contribution in [0, 0.1) is 19.0 Å². The largest absolute Gasteiger partial charge is 0.333 e. The third-order valence-electron chi connectivity index (χ3n) is 10.8. The minimum atomic E-state index is -2.13. The molecule has 2 aliphatic rings. The van der Waals surface area contributed by atoms with Gasteiger partial charge in [0, 0.05) is 54.0 Å². The van der Waals surface area contributed by atoms with Crippen LogP contribution in [0.1, 0.15) is 74.2 Å². The first-order chi connectivity index (χ1) is 28.3. The first-order valence-electron chi connectivity index (χ1n) is 21.4. The van der Waals surface area contributed by atoms with E-state index in [0.29, 0.717) is 11.2 Å². The third kappa shape index (κ3) is 8.07. The van der Waals surface area contributed by atoms with E-state index in [9.17, 15) is 0 Å². The number of imidazole rings is 1. The summed E-state index contributed by atoms with van der Waals surface area (Å²) < 4.78 is 33.1. The van der Waals surface area contributed by atoms with E-state index in [2.05, 4.69) is 159 Å². The molecule has 5 aromatic carbocycles. The Kier molecular flexibility index (Phi) is 10.1. The van der Waals surface area contributed by atoms with Crippen molar-refractivity contribution in [1.82, 2.24) is 14.5 Å². The molecule has 2 unspecified atom stereocenters. The Balaban J connectivity index is 0.000000197. The fraction of sp³-hybridized carbons (Fsp3) is 0.255. The van der Waals surface area contributed by atoms with E-state index in [1.54, 1.807) is 12.1 Å². The molecule has 2 atom stereocenters. The van der Waals surface area contributed by atoms with E-state index in [4.69, 9.17) is 10.5 Å². The van der Waals surface area contributed by atoms with E-state index in [0.717, 1.165) is 44.9 Å². The number of benzene rings is 5. The normalized spacial score (nSPS) is 17.4. The number of nitrogens with zero attached hydrogens (tertiary/aromatic N) is 3. The summed E-state index contributed by atoms with van der Waals surface area (Å²) in [5.74, 6) is 0.653. The van der Waals surface area contributed by atoms with Crippen LogP contribution >= 0.6 is 11.8 Å². The maximum absolute atomic E-state index is 8.48. The number of allylic oxidation sites excluding steroid dienone is 3. The van der Waals surface area contributed by atoms with Gasteiger partial charge in [0.15, 0.2) is 0 Å². The molecule has 0 saturated heterocycles. The van der Waals surface area contributed by atoms with E-state index in [1.165, 1.54) is 38.0 Å². The Hall–Kier alpha value is -4.32. The van der Waals surface area contributed by atoms with Gasteiger partial charge in [-0.15, -0.1) is 59.2 Å². The van der Waals surface area contributed by atoms with Crippen molar-refractivity contribution in [2.24, 2.45) is 0 Å². The van der Waals surface area contributed by atoms with Crippen LogP contribution in [0.25, 0.3) is 50.1 Å². The molecule has 291 valence electrons. The molecule has 0 spiro atoms. The Bertz CT molecular complexity index is 2790. The number of pyridine rings is 1. The number of aryl methyl sites for hydroxylation is 1. The molecule has 0 bridgehead atoms. The Morgan fingerprint density at radius 3 is 2.39 bits per heavy atom. The zero-order chi connectivity index (χ0) is 42.8. The monoisotopic (exact) mass is 962 g/mol. The second-order valence-electron chi connectivity index (χ2n) is 17.1. The van der Waals surface area contributed by atoms with Crippen LogP contribution in [0.4, 0.5) is 0 Å².